The molecule has 8 heteroatoms. The quantitative estimate of drug-likeness (QED) is 0.610. The van der Waals surface area contributed by atoms with Gasteiger partial charge in [0.15, 0.2) is 17.3 Å². The number of ketones is 1. The first-order valence-corrected chi connectivity index (χ1v) is 8.59. The van der Waals surface area contributed by atoms with E-state index in [9.17, 15) is 23.2 Å². The fraction of sp³-hybridized carbons (Fsp3) is 0.250. The lowest BCUT2D eigenvalue weighted by molar-refractivity contribution is -0.131. The third kappa shape index (κ3) is 3.21. The van der Waals surface area contributed by atoms with Crippen molar-refractivity contribution in [3.05, 3.63) is 65.2 Å². The maximum absolute atomic E-state index is 13.8. The molecule has 0 bridgehead atoms. The van der Waals surface area contributed by atoms with E-state index in [1.54, 1.807) is 6.92 Å². The summed E-state index contributed by atoms with van der Waals surface area (Å²) in [5, 5.41) is 2.61. The van der Waals surface area contributed by atoms with E-state index in [0.29, 0.717) is 5.56 Å². The van der Waals surface area contributed by atoms with Crippen LogP contribution in [0, 0.1) is 11.6 Å². The molecule has 1 atom stereocenters. The fourth-order valence-electron chi connectivity index (χ4n) is 3.22. The topological polar surface area (TPSA) is 75.7 Å². The van der Waals surface area contributed by atoms with Crippen molar-refractivity contribution in [3.8, 4) is 5.75 Å². The molecule has 6 nitrogen and oxygen atoms in total. The number of urea groups is 1. The molecule has 0 saturated carbocycles. The number of carbonyl (C=O) groups is 3. The minimum absolute atomic E-state index is 0.00896. The number of hydrogen-bond acceptors (Lipinski definition) is 4. The lowest BCUT2D eigenvalue weighted by atomic mass is 9.87. The minimum Gasteiger partial charge on any atom is -0.494 e. The van der Waals surface area contributed by atoms with Crippen LogP contribution in [0.4, 0.5) is 13.6 Å². The zero-order valence-electron chi connectivity index (χ0n) is 15.3. The molecule has 1 unspecified atom stereocenters. The van der Waals surface area contributed by atoms with Crippen LogP contribution >= 0.6 is 0 Å². The molecule has 1 fully saturated rings. The number of rotatable bonds is 6. The number of imide groups is 1. The number of ether oxygens (including phenoxy) is 1. The van der Waals surface area contributed by atoms with E-state index in [0.717, 1.165) is 11.0 Å². The predicted molar refractivity (Wildman–Crippen MR) is 95.9 cm³/mol. The maximum Gasteiger partial charge on any atom is 0.325 e. The number of halogens is 2. The average Bonchev–Trinajstić information content (AvgIpc) is 2.93. The van der Waals surface area contributed by atoms with E-state index in [-0.39, 0.29) is 17.7 Å². The predicted octanol–water partition coefficient (Wildman–Crippen LogP) is 3.01. The molecular weight excluding hydrogens is 370 g/mol. The molecule has 0 aliphatic carbocycles. The third-order valence-electron chi connectivity index (χ3n) is 4.82. The number of amides is 3. The molecule has 3 amide bonds. The Hall–Kier alpha value is -3.29. The SMILES string of the molecule is CCC1(c2ccc(F)cc2)NC(=O)N(CC(=O)c2ccc(OC)c(F)c2)C1=O. The Morgan fingerprint density at radius 1 is 1.14 bits per heavy atom. The second-order valence-corrected chi connectivity index (χ2v) is 6.36. The molecule has 2 aromatic rings. The molecule has 2 aromatic carbocycles. The van der Waals surface area contributed by atoms with Crippen molar-refractivity contribution in [2.75, 3.05) is 13.7 Å². The molecule has 1 aliphatic heterocycles. The molecule has 1 aliphatic rings. The van der Waals surface area contributed by atoms with Gasteiger partial charge in [0.1, 0.15) is 11.4 Å². The first-order valence-electron chi connectivity index (χ1n) is 8.59. The van der Waals surface area contributed by atoms with E-state index >= 15 is 0 Å². The van der Waals surface area contributed by atoms with E-state index < -0.39 is 41.4 Å². The van der Waals surface area contributed by atoms with Gasteiger partial charge in [-0.3, -0.25) is 14.5 Å². The summed E-state index contributed by atoms with van der Waals surface area (Å²) >= 11 is 0. The first kappa shape index (κ1) is 19.5. The molecule has 0 aromatic heterocycles. The standard InChI is InChI=1S/C20H18F2N2O4/c1-3-20(13-5-7-14(21)8-6-13)18(26)24(19(27)23-20)11-16(25)12-4-9-17(28-2)15(22)10-12/h4-10H,3,11H2,1-2H3,(H,23,27). The highest BCUT2D eigenvalue weighted by Crippen LogP contribution is 2.32. The fourth-order valence-corrected chi connectivity index (χ4v) is 3.22. The number of hydrogen-bond donors (Lipinski definition) is 1. The molecule has 3 rings (SSSR count). The monoisotopic (exact) mass is 388 g/mol. The van der Waals surface area contributed by atoms with Gasteiger partial charge < -0.3 is 10.1 Å². The van der Waals surface area contributed by atoms with Crippen molar-refractivity contribution >= 4 is 17.7 Å². The number of carbonyl (C=O) groups excluding carboxylic acids is 3. The molecule has 1 N–H and O–H groups in total. The summed E-state index contributed by atoms with van der Waals surface area (Å²) in [5.74, 6) is -2.43. The third-order valence-corrected chi connectivity index (χ3v) is 4.82. The molecule has 1 saturated heterocycles. The van der Waals surface area contributed by atoms with Crippen LogP contribution in [0.1, 0.15) is 29.3 Å². The first-order chi connectivity index (χ1) is 13.3. The van der Waals surface area contributed by atoms with Gasteiger partial charge in [-0.05, 0) is 42.3 Å². The molecule has 0 spiro atoms. The Labute approximate surface area is 160 Å². The summed E-state index contributed by atoms with van der Waals surface area (Å²) in [6.07, 6.45) is 0.213. The molecule has 1 heterocycles. The molecule has 146 valence electrons. The normalized spacial score (nSPS) is 18.9. The smallest absolute Gasteiger partial charge is 0.325 e. The van der Waals surface area contributed by atoms with Crippen molar-refractivity contribution in [2.45, 2.75) is 18.9 Å². The zero-order chi connectivity index (χ0) is 20.5. The van der Waals surface area contributed by atoms with E-state index in [1.165, 1.54) is 43.5 Å². The lowest BCUT2D eigenvalue weighted by Gasteiger charge is -2.25. The maximum atomic E-state index is 13.8. The number of Topliss-reactive ketones (excluding diaryl/α,β-unsaturated/α-hetero) is 1. The van der Waals surface area contributed by atoms with Crippen molar-refractivity contribution in [2.24, 2.45) is 0 Å². The van der Waals surface area contributed by atoms with Crippen LogP contribution in [-0.4, -0.2) is 36.3 Å². The second-order valence-electron chi connectivity index (χ2n) is 6.36. The largest absolute Gasteiger partial charge is 0.494 e. The molecule has 28 heavy (non-hydrogen) atoms. The summed E-state index contributed by atoms with van der Waals surface area (Å²) in [6, 6.07) is 8.13. The Morgan fingerprint density at radius 2 is 1.82 bits per heavy atom. The highest BCUT2D eigenvalue weighted by molar-refractivity contribution is 6.11. The van der Waals surface area contributed by atoms with Crippen LogP contribution in [-0.2, 0) is 10.3 Å². The van der Waals surface area contributed by atoms with Gasteiger partial charge >= 0.3 is 6.03 Å². The summed E-state index contributed by atoms with van der Waals surface area (Å²) in [5.41, 5.74) is -0.953. The van der Waals surface area contributed by atoms with E-state index in [1.807, 2.05) is 0 Å². The van der Waals surface area contributed by atoms with Crippen molar-refractivity contribution < 1.29 is 27.9 Å². The van der Waals surface area contributed by atoms with Gasteiger partial charge in [-0.15, -0.1) is 0 Å². The number of benzene rings is 2. The van der Waals surface area contributed by atoms with Gasteiger partial charge in [-0.25, -0.2) is 13.6 Å². The van der Waals surface area contributed by atoms with Crippen LogP contribution in [0.25, 0.3) is 0 Å². The number of nitrogens with one attached hydrogen (secondary N) is 1. The zero-order valence-corrected chi connectivity index (χ0v) is 15.3. The van der Waals surface area contributed by atoms with Crippen LogP contribution < -0.4 is 10.1 Å². The summed E-state index contributed by atoms with van der Waals surface area (Å²) in [6.45, 7) is 1.16. The highest BCUT2D eigenvalue weighted by Gasteiger charge is 2.51. The highest BCUT2D eigenvalue weighted by atomic mass is 19.1. The lowest BCUT2D eigenvalue weighted by Crippen LogP contribution is -2.43. The summed E-state index contributed by atoms with van der Waals surface area (Å²) in [7, 11) is 1.30. The Balaban J connectivity index is 1.86. The molecular formula is C20H18F2N2O4. The summed E-state index contributed by atoms with van der Waals surface area (Å²) < 4.78 is 31.9. The van der Waals surface area contributed by atoms with Crippen LogP contribution in [0.3, 0.4) is 0 Å². The van der Waals surface area contributed by atoms with Crippen molar-refractivity contribution in [1.82, 2.24) is 10.2 Å². The van der Waals surface area contributed by atoms with Crippen LogP contribution in [0.5, 0.6) is 5.75 Å². The Bertz CT molecular complexity index is 946. The van der Waals surface area contributed by atoms with E-state index in [4.69, 9.17) is 4.74 Å². The van der Waals surface area contributed by atoms with Crippen LogP contribution in [0.2, 0.25) is 0 Å². The average molecular weight is 388 g/mol. The van der Waals surface area contributed by atoms with Gasteiger partial charge in [-0.2, -0.15) is 0 Å². The van der Waals surface area contributed by atoms with Gasteiger partial charge in [0.05, 0.1) is 13.7 Å². The van der Waals surface area contributed by atoms with Gasteiger partial charge in [-0.1, -0.05) is 19.1 Å². The molecule has 0 radical (unpaired) electrons. The Morgan fingerprint density at radius 3 is 2.39 bits per heavy atom. The summed E-state index contributed by atoms with van der Waals surface area (Å²) in [4.78, 5) is 38.7. The van der Waals surface area contributed by atoms with Gasteiger partial charge in [0.25, 0.3) is 5.91 Å². The second kappa shape index (κ2) is 7.38. The van der Waals surface area contributed by atoms with Gasteiger partial charge in [0.2, 0.25) is 0 Å². The van der Waals surface area contributed by atoms with Crippen LogP contribution in [0.15, 0.2) is 42.5 Å². The Kier molecular flexibility index (Phi) is 5.13. The van der Waals surface area contributed by atoms with Crippen molar-refractivity contribution in [3.63, 3.8) is 0 Å². The number of methoxy groups -OCH3 is 1. The van der Waals surface area contributed by atoms with Gasteiger partial charge in [0, 0.05) is 5.56 Å². The van der Waals surface area contributed by atoms with E-state index in [2.05, 4.69) is 5.32 Å². The number of nitrogens with zero attached hydrogens (tertiary/aromatic N) is 1. The van der Waals surface area contributed by atoms with Crippen molar-refractivity contribution in [1.29, 1.82) is 0 Å². The minimum atomic E-state index is -1.38.